The minimum Gasteiger partial charge on any atom is -0.375 e. The molecule has 1 saturated carbocycles. The zero-order valence-corrected chi connectivity index (χ0v) is 19.9. The molecule has 36 heavy (non-hydrogen) atoms. The van der Waals surface area contributed by atoms with Crippen molar-refractivity contribution >= 4 is 16.8 Å². The van der Waals surface area contributed by atoms with Crippen molar-refractivity contribution in [2.75, 3.05) is 6.61 Å². The Labute approximate surface area is 208 Å². The van der Waals surface area contributed by atoms with Crippen LogP contribution in [-0.2, 0) is 23.3 Å². The highest BCUT2D eigenvalue weighted by atomic mass is 16.5. The second-order valence-electron chi connectivity index (χ2n) is 9.63. The molecular weight excluding hydrogens is 452 g/mol. The van der Waals surface area contributed by atoms with Gasteiger partial charge in [0, 0.05) is 29.3 Å². The number of aromatic nitrogens is 4. The minimum absolute atomic E-state index is 0.221. The summed E-state index contributed by atoms with van der Waals surface area (Å²) in [7, 11) is 0. The number of hydrogen-bond acceptors (Lipinski definition) is 7. The standard InChI is InChI=1S/C28H24N6O2/c1-28(15-29)16-36-14-20-5-4-18(10-22(20)28)27(35)32-13-21-11-25-19(12-31-21)6-7-23(33-25)24-8-9-30-26(34-24)17-2-3-17/h4-12,17H,2-3,13-14,16H2,1H3,(H,32,35)/t28-/m1/s1. The number of nitriles is 1. The number of hydrogen-bond donors (Lipinski definition) is 1. The molecule has 4 heterocycles. The maximum absolute atomic E-state index is 12.9. The lowest BCUT2D eigenvalue weighted by Gasteiger charge is -2.30. The largest absolute Gasteiger partial charge is 0.375 e. The molecule has 0 spiro atoms. The number of rotatable bonds is 5. The summed E-state index contributed by atoms with van der Waals surface area (Å²) in [4.78, 5) is 31.3. The number of carbonyl (C=O) groups is 1. The van der Waals surface area contributed by atoms with Gasteiger partial charge in [-0.15, -0.1) is 0 Å². The Kier molecular flexibility index (Phi) is 5.42. The van der Waals surface area contributed by atoms with Gasteiger partial charge in [0.2, 0.25) is 0 Å². The third kappa shape index (κ3) is 4.18. The minimum atomic E-state index is -0.768. The topological polar surface area (TPSA) is 114 Å². The van der Waals surface area contributed by atoms with Crippen LogP contribution in [0, 0.1) is 11.3 Å². The third-order valence-corrected chi connectivity index (χ3v) is 6.80. The van der Waals surface area contributed by atoms with Crippen molar-refractivity contribution in [1.82, 2.24) is 25.3 Å². The molecule has 8 heteroatoms. The number of carbonyl (C=O) groups excluding carboxylic acids is 1. The summed E-state index contributed by atoms with van der Waals surface area (Å²) >= 11 is 0. The smallest absolute Gasteiger partial charge is 0.251 e. The summed E-state index contributed by atoms with van der Waals surface area (Å²) in [6.07, 6.45) is 5.85. The van der Waals surface area contributed by atoms with Crippen LogP contribution in [0.3, 0.4) is 0 Å². The molecule has 0 unspecified atom stereocenters. The molecule has 1 fully saturated rings. The molecule has 4 aromatic rings. The van der Waals surface area contributed by atoms with E-state index in [0.717, 1.165) is 52.1 Å². The van der Waals surface area contributed by atoms with Crippen LogP contribution >= 0.6 is 0 Å². The first-order chi connectivity index (χ1) is 17.5. The van der Waals surface area contributed by atoms with E-state index in [2.05, 4.69) is 21.4 Å². The molecule has 0 radical (unpaired) electrons. The molecule has 1 aliphatic carbocycles. The molecule has 178 valence electrons. The second kappa shape index (κ2) is 8.77. The Morgan fingerprint density at radius 1 is 1.14 bits per heavy atom. The van der Waals surface area contributed by atoms with Crippen molar-refractivity contribution in [3.8, 4) is 17.5 Å². The lowest BCUT2D eigenvalue weighted by Crippen LogP contribution is -2.33. The maximum atomic E-state index is 12.9. The van der Waals surface area contributed by atoms with Crippen LogP contribution in [0.2, 0.25) is 0 Å². The molecule has 2 aliphatic rings. The van der Waals surface area contributed by atoms with Gasteiger partial charge in [0.15, 0.2) is 0 Å². The van der Waals surface area contributed by atoms with Crippen LogP contribution in [0.5, 0.6) is 0 Å². The normalized spacial score (nSPS) is 18.9. The number of nitrogens with zero attached hydrogens (tertiary/aromatic N) is 5. The van der Waals surface area contributed by atoms with Gasteiger partial charge in [-0.2, -0.15) is 5.26 Å². The van der Waals surface area contributed by atoms with Crippen molar-refractivity contribution < 1.29 is 9.53 Å². The van der Waals surface area contributed by atoms with Crippen LogP contribution in [0.1, 0.15) is 58.7 Å². The summed E-state index contributed by atoms with van der Waals surface area (Å²) in [6.45, 7) is 2.85. The van der Waals surface area contributed by atoms with Gasteiger partial charge >= 0.3 is 0 Å². The lowest BCUT2D eigenvalue weighted by atomic mass is 9.79. The number of amides is 1. The monoisotopic (exact) mass is 476 g/mol. The Bertz CT molecular complexity index is 1540. The average Bonchev–Trinajstić information content (AvgIpc) is 3.77. The number of fused-ring (bicyclic) bond motifs is 2. The molecule has 6 rings (SSSR count). The third-order valence-electron chi connectivity index (χ3n) is 6.80. The van der Waals surface area contributed by atoms with Gasteiger partial charge in [-0.05, 0) is 67.3 Å². The lowest BCUT2D eigenvalue weighted by molar-refractivity contribution is 0.0757. The molecule has 0 bridgehead atoms. The van der Waals surface area contributed by atoms with E-state index in [1.807, 2.05) is 37.3 Å². The molecule has 0 saturated heterocycles. The predicted molar refractivity (Wildman–Crippen MR) is 133 cm³/mol. The molecule has 1 aromatic carbocycles. The number of nitrogens with one attached hydrogen (secondary N) is 1. The first-order valence-electron chi connectivity index (χ1n) is 12.0. The van der Waals surface area contributed by atoms with Crippen LogP contribution in [0.4, 0.5) is 0 Å². The quantitative estimate of drug-likeness (QED) is 0.459. The Balaban J connectivity index is 1.21. The van der Waals surface area contributed by atoms with Gasteiger partial charge in [0.1, 0.15) is 11.2 Å². The fourth-order valence-corrected chi connectivity index (χ4v) is 4.52. The fourth-order valence-electron chi connectivity index (χ4n) is 4.52. The number of ether oxygens (including phenoxy) is 1. The van der Waals surface area contributed by atoms with Gasteiger partial charge in [-0.3, -0.25) is 9.78 Å². The molecule has 1 N–H and O–H groups in total. The van der Waals surface area contributed by atoms with Gasteiger partial charge < -0.3 is 10.1 Å². The SMILES string of the molecule is C[C@@]1(C#N)COCc2ccc(C(=O)NCc3cc4nc(-c5ccnc(C6CC6)n5)ccc4cn3)cc21. The highest BCUT2D eigenvalue weighted by Gasteiger charge is 2.33. The predicted octanol–water partition coefficient (Wildman–Crippen LogP) is 4.21. The summed E-state index contributed by atoms with van der Waals surface area (Å²) < 4.78 is 5.55. The van der Waals surface area contributed by atoms with E-state index in [4.69, 9.17) is 14.7 Å². The van der Waals surface area contributed by atoms with E-state index < -0.39 is 5.41 Å². The molecule has 1 amide bonds. The molecule has 8 nitrogen and oxygen atoms in total. The van der Waals surface area contributed by atoms with E-state index in [9.17, 15) is 10.1 Å². The first kappa shape index (κ1) is 22.3. The summed E-state index contributed by atoms with van der Waals surface area (Å²) in [5, 5.41) is 13.5. The Morgan fingerprint density at radius 2 is 2.00 bits per heavy atom. The second-order valence-corrected chi connectivity index (χ2v) is 9.63. The highest BCUT2D eigenvalue weighted by Crippen LogP contribution is 2.38. The zero-order chi connectivity index (χ0) is 24.7. The van der Waals surface area contributed by atoms with Gasteiger partial charge in [0.25, 0.3) is 5.91 Å². The Morgan fingerprint density at radius 3 is 2.83 bits per heavy atom. The zero-order valence-electron chi connectivity index (χ0n) is 19.9. The van der Waals surface area contributed by atoms with Crippen LogP contribution < -0.4 is 5.32 Å². The average molecular weight is 477 g/mol. The summed E-state index contributed by atoms with van der Waals surface area (Å²) in [5.41, 5.74) is 4.61. The summed E-state index contributed by atoms with van der Waals surface area (Å²) in [5.74, 6) is 1.14. The van der Waals surface area contributed by atoms with Crippen molar-refractivity contribution in [1.29, 1.82) is 5.26 Å². The van der Waals surface area contributed by atoms with Crippen molar-refractivity contribution in [3.63, 3.8) is 0 Å². The molecule has 1 atom stereocenters. The fraction of sp³-hybridized carbons (Fsp3) is 0.286. The van der Waals surface area contributed by atoms with Crippen LogP contribution in [0.25, 0.3) is 22.3 Å². The van der Waals surface area contributed by atoms with E-state index in [0.29, 0.717) is 30.4 Å². The number of pyridine rings is 2. The van der Waals surface area contributed by atoms with E-state index >= 15 is 0 Å². The van der Waals surface area contributed by atoms with E-state index in [1.165, 1.54) is 0 Å². The number of benzene rings is 1. The van der Waals surface area contributed by atoms with Crippen molar-refractivity contribution in [2.45, 2.75) is 44.2 Å². The van der Waals surface area contributed by atoms with Gasteiger partial charge in [0.05, 0.1) is 48.4 Å². The molecular formula is C28H24N6O2. The highest BCUT2D eigenvalue weighted by molar-refractivity contribution is 5.94. The van der Waals surface area contributed by atoms with E-state index in [1.54, 1.807) is 24.5 Å². The van der Waals surface area contributed by atoms with Crippen molar-refractivity contribution in [3.05, 3.63) is 83.1 Å². The maximum Gasteiger partial charge on any atom is 0.251 e. The Hall–Kier alpha value is -4.22. The van der Waals surface area contributed by atoms with Gasteiger partial charge in [-0.1, -0.05) is 6.07 Å². The molecule has 1 aliphatic heterocycles. The summed E-state index contributed by atoms with van der Waals surface area (Å²) in [6, 6.07) is 15.4. The van der Waals surface area contributed by atoms with E-state index in [-0.39, 0.29) is 12.5 Å². The van der Waals surface area contributed by atoms with Crippen LogP contribution in [0.15, 0.2) is 54.9 Å². The first-order valence-corrected chi connectivity index (χ1v) is 12.0. The van der Waals surface area contributed by atoms with Crippen molar-refractivity contribution in [2.24, 2.45) is 0 Å². The van der Waals surface area contributed by atoms with Gasteiger partial charge in [-0.25, -0.2) is 15.0 Å². The van der Waals surface area contributed by atoms with Crippen LogP contribution in [-0.4, -0.2) is 32.4 Å². The molecule has 3 aromatic heterocycles.